The number of nitrogens with zero attached hydrogens (tertiary/aromatic N) is 2. The van der Waals surface area contributed by atoms with Gasteiger partial charge < -0.3 is 5.32 Å². The molecule has 0 aliphatic carbocycles. The van der Waals surface area contributed by atoms with Gasteiger partial charge in [0.05, 0.1) is 34.1 Å². The Morgan fingerprint density at radius 2 is 1.87 bits per heavy atom. The van der Waals surface area contributed by atoms with Gasteiger partial charge in [0, 0.05) is 15.4 Å². The lowest BCUT2D eigenvalue weighted by Crippen LogP contribution is -2.16. The summed E-state index contributed by atoms with van der Waals surface area (Å²) in [5.74, 6) is -1.11. The largest absolute Gasteiger partial charge is 0.319 e. The summed E-state index contributed by atoms with van der Waals surface area (Å²) in [5, 5.41) is 12.2. The van der Waals surface area contributed by atoms with Crippen molar-refractivity contribution >= 4 is 38.4 Å². The Hall–Kier alpha value is -3.56. The Balaban J connectivity index is 1.88. The first-order chi connectivity index (χ1) is 14.5. The Morgan fingerprint density at radius 3 is 2.57 bits per heavy atom. The molecular formula is C24H15BrFN3O. The summed E-state index contributed by atoms with van der Waals surface area (Å²) >= 11 is 3.45. The monoisotopic (exact) mass is 459 g/mol. The highest BCUT2D eigenvalue weighted by Crippen LogP contribution is 2.32. The van der Waals surface area contributed by atoms with E-state index in [0.717, 1.165) is 16.1 Å². The van der Waals surface area contributed by atoms with Crippen LogP contribution in [0.5, 0.6) is 0 Å². The molecule has 3 aromatic carbocycles. The van der Waals surface area contributed by atoms with Crippen molar-refractivity contribution in [1.29, 1.82) is 5.26 Å². The van der Waals surface area contributed by atoms with Crippen LogP contribution in [0.25, 0.3) is 22.2 Å². The molecular weight excluding hydrogens is 445 g/mol. The quantitative estimate of drug-likeness (QED) is 0.394. The van der Waals surface area contributed by atoms with Crippen LogP contribution in [0.2, 0.25) is 0 Å². The molecule has 0 saturated carbocycles. The fraction of sp³-hybridized carbons (Fsp3) is 0.0417. The third-order valence-corrected chi connectivity index (χ3v) is 5.30. The zero-order valence-corrected chi connectivity index (χ0v) is 17.5. The third-order valence-electron chi connectivity index (χ3n) is 4.81. The molecule has 0 fully saturated rings. The molecule has 30 heavy (non-hydrogen) atoms. The molecule has 0 radical (unpaired) electrons. The van der Waals surface area contributed by atoms with E-state index in [1.165, 1.54) is 12.1 Å². The van der Waals surface area contributed by atoms with Crippen molar-refractivity contribution in [3.8, 4) is 17.3 Å². The minimum atomic E-state index is -0.664. The van der Waals surface area contributed by atoms with Crippen LogP contribution in [0.1, 0.15) is 21.5 Å². The second-order valence-corrected chi connectivity index (χ2v) is 7.66. The van der Waals surface area contributed by atoms with Crippen molar-refractivity contribution < 1.29 is 9.18 Å². The second-order valence-electron chi connectivity index (χ2n) is 6.75. The number of hydrogen-bond acceptors (Lipinski definition) is 3. The predicted octanol–water partition coefficient (Wildman–Crippen LogP) is 6.24. The molecule has 1 amide bonds. The smallest absolute Gasteiger partial charge is 0.256 e. The van der Waals surface area contributed by atoms with Gasteiger partial charge >= 0.3 is 0 Å². The Labute approximate surface area is 181 Å². The number of nitrogens with one attached hydrogen (secondary N) is 1. The Morgan fingerprint density at radius 1 is 1.10 bits per heavy atom. The zero-order chi connectivity index (χ0) is 21.3. The standard InChI is InChI=1S/C24H15BrFN3O/c1-14-22(24(30)29-21-9-7-15(13-27)11-19(21)26)18-12-17(25)8-10-20(18)28-23(14)16-5-3-2-4-6-16/h2-12H,1H3,(H,29,30). The molecule has 146 valence electrons. The maximum Gasteiger partial charge on any atom is 0.256 e. The zero-order valence-electron chi connectivity index (χ0n) is 15.9. The molecule has 0 saturated heterocycles. The van der Waals surface area contributed by atoms with Crippen molar-refractivity contribution in [1.82, 2.24) is 4.98 Å². The topological polar surface area (TPSA) is 65.8 Å². The number of halogens is 2. The first-order valence-corrected chi connectivity index (χ1v) is 9.93. The van der Waals surface area contributed by atoms with Gasteiger partial charge in [-0.2, -0.15) is 5.26 Å². The van der Waals surface area contributed by atoms with E-state index < -0.39 is 11.7 Å². The summed E-state index contributed by atoms with van der Waals surface area (Å²) in [6.07, 6.45) is 0. The van der Waals surface area contributed by atoms with Gasteiger partial charge in [-0.1, -0.05) is 46.3 Å². The molecule has 0 bridgehead atoms. The molecule has 6 heteroatoms. The first kappa shape index (κ1) is 19.7. The minimum absolute atomic E-state index is 0.0135. The number of amides is 1. The maximum absolute atomic E-state index is 14.4. The van der Waals surface area contributed by atoms with E-state index in [-0.39, 0.29) is 11.3 Å². The number of nitriles is 1. The number of carbonyl (C=O) groups is 1. The van der Waals surface area contributed by atoms with Gasteiger partial charge in [0.15, 0.2) is 0 Å². The van der Waals surface area contributed by atoms with E-state index in [1.807, 2.05) is 61.5 Å². The summed E-state index contributed by atoms with van der Waals surface area (Å²) < 4.78 is 15.2. The molecule has 0 aliphatic rings. The van der Waals surface area contributed by atoms with Crippen LogP contribution in [0.3, 0.4) is 0 Å². The summed E-state index contributed by atoms with van der Waals surface area (Å²) in [6, 6.07) is 21.0. The molecule has 1 aromatic heterocycles. The van der Waals surface area contributed by atoms with Crippen LogP contribution in [0.15, 0.2) is 71.2 Å². The van der Waals surface area contributed by atoms with E-state index in [4.69, 9.17) is 10.2 Å². The molecule has 4 aromatic rings. The van der Waals surface area contributed by atoms with Crippen LogP contribution in [-0.4, -0.2) is 10.9 Å². The Bertz CT molecular complexity index is 1330. The van der Waals surface area contributed by atoms with Gasteiger partial charge in [-0.3, -0.25) is 4.79 Å². The van der Waals surface area contributed by atoms with Crippen molar-refractivity contribution in [3.05, 3.63) is 93.7 Å². The van der Waals surface area contributed by atoms with Crippen LogP contribution in [-0.2, 0) is 0 Å². The number of aromatic nitrogens is 1. The summed E-state index contributed by atoms with van der Waals surface area (Å²) in [5.41, 5.74) is 3.55. The number of carbonyl (C=O) groups excluding carboxylic acids is 1. The number of rotatable bonds is 3. The molecule has 1 heterocycles. The van der Waals surface area contributed by atoms with Crippen molar-refractivity contribution in [2.24, 2.45) is 0 Å². The highest BCUT2D eigenvalue weighted by molar-refractivity contribution is 9.10. The molecule has 0 aliphatic heterocycles. The summed E-state index contributed by atoms with van der Waals surface area (Å²) in [6.45, 7) is 1.83. The van der Waals surface area contributed by atoms with E-state index in [1.54, 1.807) is 0 Å². The number of pyridine rings is 1. The number of hydrogen-bond donors (Lipinski definition) is 1. The molecule has 4 nitrogen and oxygen atoms in total. The van der Waals surface area contributed by atoms with Crippen molar-refractivity contribution in [2.45, 2.75) is 6.92 Å². The van der Waals surface area contributed by atoms with Gasteiger partial charge in [0.1, 0.15) is 5.82 Å². The van der Waals surface area contributed by atoms with Crippen molar-refractivity contribution in [2.75, 3.05) is 5.32 Å². The normalized spacial score (nSPS) is 10.6. The van der Waals surface area contributed by atoms with Gasteiger partial charge in [0.2, 0.25) is 0 Å². The summed E-state index contributed by atoms with van der Waals surface area (Å²) in [4.78, 5) is 18.0. The molecule has 1 N–H and O–H groups in total. The minimum Gasteiger partial charge on any atom is -0.319 e. The van der Waals surface area contributed by atoms with Crippen LogP contribution in [0.4, 0.5) is 10.1 Å². The van der Waals surface area contributed by atoms with E-state index in [2.05, 4.69) is 21.2 Å². The lowest BCUT2D eigenvalue weighted by molar-refractivity contribution is 0.102. The van der Waals surface area contributed by atoms with E-state index >= 15 is 0 Å². The fourth-order valence-electron chi connectivity index (χ4n) is 3.37. The summed E-state index contributed by atoms with van der Waals surface area (Å²) in [7, 11) is 0. The molecule has 0 spiro atoms. The molecule has 0 atom stereocenters. The second kappa shape index (κ2) is 8.05. The average Bonchev–Trinajstić information content (AvgIpc) is 2.75. The third kappa shape index (κ3) is 3.68. The maximum atomic E-state index is 14.4. The van der Waals surface area contributed by atoms with Crippen LogP contribution < -0.4 is 5.32 Å². The van der Waals surface area contributed by atoms with Gasteiger partial charge in [-0.15, -0.1) is 0 Å². The fourth-order valence-corrected chi connectivity index (χ4v) is 3.73. The van der Waals surface area contributed by atoms with Crippen LogP contribution in [0, 0.1) is 24.1 Å². The van der Waals surface area contributed by atoms with Gasteiger partial charge in [-0.25, -0.2) is 9.37 Å². The first-order valence-electron chi connectivity index (χ1n) is 9.14. The van der Waals surface area contributed by atoms with Crippen LogP contribution >= 0.6 is 15.9 Å². The van der Waals surface area contributed by atoms with E-state index in [0.29, 0.717) is 27.7 Å². The molecule has 4 rings (SSSR count). The average molecular weight is 460 g/mol. The number of benzene rings is 3. The predicted molar refractivity (Wildman–Crippen MR) is 119 cm³/mol. The lowest BCUT2D eigenvalue weighted by Gasteiger charge is -2.15. The highest BCUT2D eigenvalue weighted by atomic mass is 79.9. The van der Waals surface area contributed by atoms with Crippen molar-refractivity contribution in [3.63, 3.8) is 0 Å². The molecule has 0 unspecified atom stereocenters. The highest BCUT2D eigenvalue weighted by Gasteiger charge is 2.20. The number of fused-ring (bicyclic) bond motifs is 1. The Kier molecular flexibility index (Phi) is 5.30. The SMILES string of the molecule is Cc1c(-c2ccccc2)nc2ccc(Br)cc2c1C(=O)Nc1ccc(C#N)cc1F. The van der Waals surface area contributed by atoms with E-state index in [9.17, 15) is 9.18 Å². The number of anilines is 1. The van der Waals surface area contributed by atoms with Gasteiger partial charge in [-0.05, 0) is 48.9 Å². The van der Waals surface area contributed by atoms with Gasteiger partial charge in [0.25, 0.3) is 5.91 Å². The lowest BCUT2D eigenvalue weighted by atomic mass is 9.97.